The average molecular weight is 306 g/mol. The third-order valence-electron chi connectivity index (χ3n) is 4.43. The van der Waals surface area contributed by atoms with Crippen molar-refractivity contribution in [3.63, 3.8) is 0 Å². The molecule has 0 unspecified atom stereocenters. The van der Waals surface area contributed by atoms with Gasteiger partial charge in [-0.3, -0.25) is 9.48 Å². The van der Waals surface area contributed by atoms with Gasteiger partial charge in [-0.2, -0.15) is 5.10 Å². The summed E-state index contributed by atoms with van der Waals surface area (Å²) in [5.41, 5.74) is 1.00. The van der Waals surface area contributed by atoms with Gasteiger partial charge < -0.3 is 10.2 Å². The van der Waals surface area contributed by atoms with Crippen LogP contribution in [-0.4, -0.2) is 34.3 Å². The SMILES string of the molecule is CC(C)N(CC(=O)NC1CCCCCCC1)c1cnn(C)c1. The van der Waals surface area contributed by atoms with Gasteiger partial charge in [0.05, 0.1) is 18.4 Å². The van der Waals surface area contributed by atoms with Gasteiger partial charge in [0.25, 0.3) is 0 Å². The fourth-order valence-corrected chi connectivity index (χ4v) is 3.16. The Balaban J connectivity index is 1.90. The third kappa shape index (κ3) is 5.04. The Kier molecular flexibility index (Phi) is 6.28. The Morgan fingerprint density at radius 2 is 1.95 bits per heavy atom. The first-order valence-electron chi connectivity index (χ1n) is 8.61. The maximum absolute atomic E-state index is 12.4. The van der Waals surface area contributed by atoms with Gasteiger partial charge in [0.15, 0.2) is 0 Å². The number of rotatable bonds is 5. The first-order valence-corrected chi connectivity index (χ1v) is 8.61. The van der Waals surface area contributed by atoms with E-state index in [1.807, 2.05) is 19.4 Å². The number of anilines is 1. The highest BCUT2D eigenvalue weighted by molar-refractivity contribution is 5.81. The van der Waals surface area contributed by atoms with E-state index >= 15 is 0 Å². The summed E-state index contributed by atoms with van der Waals surface area (Å²) in [4.78, 5) is 14.5. The van der Waals surface area contributed by atoms with Crippen molar-refractivity contribution in [2.75, 3.05) is 11.4 Å². The number of aryl methyl sites for hydroxylation is 1. The first kappa shape index (κ1) is 16.8. The number of nitrogens with one attached hydrogen (secondary N) is 1. The summed E-state index contributed by atoms with van der Waals surface area (Å²) in [6.45, 7) is 4.62. The standard InChI is InChI=1S/C17H30N4O/c1-14(2)21(16-11-18-20(3)12-16)13-17(22)19-15-9-7-5-4-6-8-10-15/h11-12,14-15H,4-10,13H2,1-3H3,(H,19,22). The number of aromatic nitrogens is 2. The van der Waals surface area contributed by atoms with E-state index in [4.69, 9.17) is 0 Å². The number of hydrogen-bond acceptors (Lipinski definition) is 3. The van der Waals surface area contributed by atoms with Crippen LogP contribution in [0.15, 0.2) is 12.4 Å². The molecule has 0 bridgehead atoms. The molecule has 1 heterocycles. The number of amides is 1. The summed E-state index contributed by atoms with van der Waals surface area (Å²) in [5.74, 6) is 0.128. The number of hydrogen-bond donors (Lipinski definition) is 1. The molecular weight excluding hydrogens is 276 g/mol. The van der Waals surface area contributed by atoms with Crippen molar-refractivity contribution in [3.05, 3.63) is 12.4 Å². The number of nitrogens with zero attached hydrogens (tertiary/aromatic N) is 3. The lowest BCUT2D eigenvalue weighted by Gasteiger charge is -2.28. The van der Waals surface area contributed by atoms with E-state index < -0.39 is 0 Å². The summed E-state index contributed by atoms with van der Waals surface area (Å²) in [6, 6.07) is 0.628. The van der Waals surface area contributed by atoms with Crippen LogP contribution < -0.4 is 10.2 Å². The molecule has 0 aromatic carbocycles. The van der Waals surface area contributed by atoms with Gasteiger partial charge in [-0.25, -0.2) is 0 Å². The lowest BCUT2D eigenvalue weighted by atomic mass is 9.97. The first-order chi connectivity index (χ1) is 10.6. The van der Waals surface area contributed by atoms with E-state index in [0.717, 1.165) is 18.5 Å². The molecule has 5 heteroatoms. The highest BCUT2D eigenvalue weighted by Crippen LogP contribution is 2.18. The van der Waals surface area contributed by atoms with Crippen LogP contribution in [0, 0.1) is 0 Å². The minimum absolute atomic E-state index is 0.128. The lowest BCUT2D eigenvalue weighted by molar-refractivity contribution is -0.120. The zero-order chi connectivity index (χ0) is 15.9. The van der Waals surface area contributed by atoms with Crippen LogP contribution in [0.3, 0.4) is 0 Å². The monoisotopic (exact) mass is 306 g/mol. The molecule has 1 saturated carbocycles. The van der Waals surface area contributed by atoms with Crippen molar-refractivity contribution in [1.82, 2.24) is 15.1 Å². The second-order valence-corrected chi connectivity index (χ2v) is 6.70. The smallest absolute Gasteiger partial charge is 0.239 e. The molecule has 1 aromatic rings. The summed E-state index contributed by atoms with van der Waals surface area (Å²) >= 11 is 0. The van der Waals surface area contributed by atoms with E-state index in [0.29, 0.717) is 12.6 Å². The molecular formula is C17H30N4O. The van der Waals surface area contributed by atoms with Crippen molar-refractivity contribution < 1.29 is 4.79 Å². The fourth-order valence-electron chi connectivity index (χ4n) is 3.16. The molecule has 1 N–H and O–H groups in total. The molecule has 124 valence electrons. The Hall–Kier alpha value is -1.52. The zero-order valence-electron chi connectivity index (χ0n) is 14.2. The molecule has 1 amide bonds. The molecule has 1 fully saturated rings. The van der Waals surface area contributed by atoms with Crippen molar-refractivity contribution in [3.8, 4) is 0 Å². The van der Waals surface area contributed by atoms with Gasteiger partial charge >= 0.3 is 0 Å². The maximum Gasteiger partial charge on any atom is 0.239 e. The van der Waals surface area contributed by atoms with Crippen LogP contribution in [0.25, 0.3) is 0 Å². The third-order valence-corrected chi connectivity index (χ3v) is 4.43. The van der Waals surface area contributed by atoms with E-state index in [1.165, 1.54) is 32.1 Å². The molecule has 0 aliphatic heterocycles. The van der Waals surface area contributed by atoms with Crippen LogP contribution in [0.2, 0.25) is 0 Å². The Bertz CT molecular complexity index is 461. The number of carbonyl (C=O) groups excluding carboxylic acids is 1. The van der Waals surface area contributed by atoms with Crippen LogP contribution in [0.4, 0.5) is 5.69 Å². The van der Waals surface area contributed by atoms with Crippen molar-refractivity contribution >= 4 is 11.6 Å². The second kappa shape index (κ2) is 8.20. The highest BCUT2D eigenvalue weighted by atomic mass is 16.2. The molecule has 1 aliphatic rings. The largest absolute Gasteiger partial charge is 0.357 e. The minimum Gasteiger partial charge on any atom is -0.357 e. The molecule has 2 rings (SSSR count). The quantitative estimate of drug-likeness (QED) is 0.910. The number of carbonyl (C=O) groups is 1. The second-order valence-electron chi connectivity index (χ2n) is 6.70. The maximum atomic E-state index is 12.4. The normalized spacial score (nSPS) is 17.1. The molecule has 0 radical (unpaired) electrons. The predicted molar refractivity (Wildman–Crippen MR) is 89.9 cm³/mol. The molecule has 1 aliphatic carbocycles. The van der Waals surface area contributed by atoms with E-state index in [1.54, 1.807) is 4.68 Å². The van der Waals surface area contributed by atoms with Crippen molar-refractivity contribution in [2.24, 2.45) is 7.05 Å². The van der Waals surface area contributed by atoms with E-state index in [-0.39, 0.29) is 11.9 Å². The molecule has 0 spiro atoms. The average Bonchev–Trinajstić information content (AvgIpc) is 2.85. The van der Waals surface area contributed by atoms with Gasteiger partial charge in [0.2, 0.25) is 5.91 Å². The van der Waals surface area contributed by atoms with Crippen molar-refractivity contribution in [2.45, 2.75) is 70.9 Å². The Morgan fingerprint density at radius 1 is 1.32 bits per heavy atom. The Morgan fingerprint density at radius 3 is 2.50 bits per heavy atom. The summed E-state index contributed by atoms with van der Waals surface area (Å²) in [7, 11) is 1.90. The van der Waals surface area contributed by atoms with Crippen LogP contribution in [0.1, 0.15) is 58.8 Å². The summed E-state index contributed by atoms with van der Waals surface area (Å²) in [5, 5.41) is 7.45. The molecule has 22 heavy (non-hydrogen) atoms. The van der Waals surface area contributed by atoms with Crippen LogP contribution in [0.5, 0.6) is 0 Å². The highest BCUT2D eigenvalue weighted by Gasteiger charge is 2.19. The van der Waals surface area contributed by atoms with E-state index in [2.05, 4.69) is 29.2 Å². The van der Waals surface area contributed by atoms with Crippen molar-refractivity contribution in [1.29, 1.82) is 0 Å². The predicted octanol–water partition coefficient (Wildman–Crippen LogP) is 2.86. The topological polar surface area (TPSA) is 50.2 Å². The van der Waals surface area contributed by atoms with Crippen LogP contribution >= 0.6 is 0 Å². The molecule has 0 saturated heterocycles. The summed E-state index contributed by atoms with van der Waals surface area (Å²) in [6.07, 6.45) is 12.5. The minimum atomic E-state index is 0.128. The summed E-state index contributed by atoms with van der Waals surface area (Å²) < 4.78 is 1.78. The van der Waals surface area contributed by atoms with Crippen LogP contribution in [-0.2, 0) is 11.8 Å². The van der Waals surface area contributed by atoms with Gasteiger partial charge in [-0.15, -0.1) is 0 Å². The molecule has 0 atom stereocenters. The molecule has 1 aromatic heterocycles. The fraction of sp³-hybridized carbons (Fsp3) is 0.765. The van der Waals surface area contributed by atoms with Gasteiger partial charge in [-0.05, 0) is 26.7 Å². The van der Waals surface area contributed by atoms with Gasteiger partial charge in [0.1, 0.15) is 0 Å². The molecule has 5 nitrogen and oxygen atoms in total. The van der Waals surface area contributed by atoms with E-state index in [9.17, 15) is 4.79 Å². The Labute approximate surface area is 134 Å². The van der Waals surface area contributed by atoms with Gasteiger partial charge in [-0.1, -0.05) is 32.1 Å². The lowest BCUT2D eigenvalue weighted by Crippen LogP contribution is -2.44. The van der Waals surface area contributed by atoms with Gasteiger partial charge in [0, 0.05) is 25.3 Å². The zero-order valence-corrected chi connectivity index (χ0v) is 14.2.